The van der Waals surface area contributed by atoms with E-state index in [0.29, 0.717) is 24.7 Å². The normalized spacial score (nSPS) is 16.9. The number of hydrogen-bond acceptors (Lipinski definition) is 4. The SMILES string of the molecule is CCOC(=O)c1cnn(CC2CCOc3ccccc32)c1. The van der Waals surface area contributed by atoms with Gasteiger partial charge in [-0.15, -0.1) is 0 Å². The molecular formula is C16H18N2O3. The number of aromatic nitrogens is 2. The van der Waals surface area contributed by atoms with Crippen LogP contribution in [0.1, 0.15) is 35.2 Å². The zero-order valence-electron chi connectivity index (χ0n) is 12.0. The number of fused-ring (bicyclic) bond motifs is 1. The molecule has 0 aliphatic carbocycles. The zero-order valence-corrected chi connectivity index (χ0v) is 12.0. The lowest BCUT2D eigenvalue weighted by molar-refractivity contribution is 0.0526. The smallest absolute Gasteiger partial charge is 0.341 e. The fourth-order valence-corrected chi connectivity index (χ4v) is 2.61. The molecule has 0 radical (unpaired) electrons. The van der Waals surface area contributed by atoms with Crippen LogP contribution in [-0.4, -0.2) is 29.0 Å². The van der Waals surface area contributed by atoms with E-state index < -0.39 is 0 Å². The van der Waals surface area contributed by atoms with E-state index in [2.05, 4.69) is 11.2 Å². The molecular weight excluding hydrogens is 268 g/mol. The summed E-state index contributed by atoms with van der Waals surface area (Å²) in [5.41, 5.74) is 1.70. The van der Waals surface area contributed by atoms with E-state index in [1.165, 1.54) is 5.56 Å². The molecule has 1 aromatic heterocycles. The molecule has 0 bridgehead atoms. The van der Waals surface area contributed by atoms with Crippen LogP contribution in [0, 0.1) is 0 Å². The van der Waals surface area contributed by atoms with Gasteiger partial charge in [0.1, 0.15) is 5.75 Å². The van der Waals surface area contributed by atoms with Gasteiger partial charge >= 0.3 is 5.97 Å². The van der Waals surface area contributed by atoms with Gasteiger partial charge in [0, 0.05) is 18.7 Å². The maximum Gasteiger partial charge on any atom is 0.341 e. The fraction of sp³-hybridized carbons (Fsp3) is 0.375. The summed E-state index contributed by atoms with van der Waals surface area (Å²) in [6.45, 7) is 3.62. The van der Waals surface area contributed by atoms with Gasteiger partial charge in [-0.25, -0.2) is 4.79 Å². The Morgan fingerprint density at radius 1 is 1.48 bits per heavy atom. The van der Waals surface area contributed by atoms with Crippen LogP contribution in [0.5, 0.6) is 5.75 Å². The second-order valence-corrected chi connectivity index (χ2v) is 5.04. The van der Waals surface area contributed by atoms with E-state index >= 15 is 0 Å². The number of ether oxygens (including phenoxy) is 2. The number of nitrogens with zero attached hydrogens (tertiary/aromatic N) is 2. The van der Waals surface area contributed by atoms with Crippen molar-refractivity contribution < 1.29 is 14.3 Å². The third-order valence-electron chi connectivity index (χ3n) is 3.63. The Bertz CT molecular complexity index is 636. The Balaban J connectivity index is 1.75. The molecule has 1 unspecified atom stereocenters. The van der Waals surface area contributed by atoms with Crippen LogP contribution in [0.2, 0.25) is 0 Å². The van der Waals surface area contributed by atoms with Crippen molar-refractivity contribution in [2.24, 2.45) is 0 Å². The quantitative estimate of drug-likeness (QED) is 0.811. The molecule has 21 heavy (non-hydrogen) atoms. The first-order valence-corrected chi connectivity index (χ1v) is 7.19. The summed E-state index contributed by atoms with van der Waals surface area (Å²) in [5, 5.41) is 4.26. The molecule has 0 saturated heterocycles. The average Bonchev–Trinajstić information content (AvgIpc) is 2.97. The molecule has 5 nitrogen and oxygen atoms in total. The summed E-state index contributed by atoms with van der Waals surface area (Å²) < 4.78 is 12.4. The molecule has 3 rings (SSSR count). The number of hydrogen-bond donors (Lipinski definition) is 0. The van der Waals surface area contributed by atoms with Gasteiger partial charge in [0.2, 0.25) is 0 Å². The highest BCUT2D eigenvalue weighted by Gasteiger charge is 2.22. The van der Waals surface area contributed by atoms with Crippen LogP contribution in [0.15, 0.2) is 36.7 Å². The molecule has 0 spiro atoms. The lowest BCUT2D eigenvalue weighted by Gasteiger charge is -2.25. The van der Waals surface area contributed by atoms with E-state index in [1.807, 2.05) is 18.2 Å². The molecule has 0 N–H and O–H groups in total. The maximum absolute atomic E-state index is 11.7. The topological polar surface area (TPSA) is 53.3 Å². The number of benzene rings is 1. The number of carbonyl (C=O) groups is 1. The summed E-state index contributed by atoms with van der Waals surface area (Å²) in [7, 11) is 0. The number of rotatable bonds is 4. The molecule has 1 aliphatic rings. The molecule has 1 atom stereocenters. The Labute approximate surface area is 123 Å². The second kappa shape index (κ2) is 5.99. The van der Waals surface area contributed by atoms with Crippen LogP contribution in [0.4, 0.5) is 0 Å². The predicted molar refractivity (Wildman–Crippen MR) is 77.5 cm³/mol. The van der Waals surface area contributed by atoms with Crippen molar-refractivity contribution >= 4 is 5.97 Å². The van der Waals surface area contributed by atoms with Crippen LogP contribution in [-0.2, 0) is 11.3 Å². The molecule has 2 aromatic rings. The number of carbonyl (C=O) groups excluding carboxylic acids is 1. The average molecular weight is 286 g/mol. The van der Waals surface area contributed by atoms with Crippen molar-refractivity contribution in [1.82, 2.24) is 9.78 Å². The molecule has 0 fully saturated rings. The number of esters is 1. The molecule has 1 aromatic carbocycles. The summed E-state index contributed by atoms with van der Waals surface area (Å²) in [5.74, 6) is 0.979. The van der Waals surface area contributed by atoms with E-state index in [0.717, 1.165) is 18.7 Å². The van der Waals surface area contributed by atoms with Crippen molar-refractivity contribution in [3.05, 3.63) is 47.8 Å². The number of para-hydroxylation sites is 1. The molecule has 0 saturated carbocycles. The highest BCUT2D eigenvalue weighted by Crippen LogP contribution is 2.34. The van der Waals surface area contributed by atoms with Gasteiger partial charge in [0.25, 0.3) is 0 Å². The lowest BCUT2D eigenvalue weighted by Crippen LogP contribution is -2.18. The van der Waals surface area contributed by atoms with Gasteiger partial charge in [-0.3, -0.25) is 4.68 Å². The monoisotopic (exact) mass is 286 g/mol. The first kappa shape index (κ1) is 13.7. The fourth-order valence-electron chi connectivity index (χ4n) is 2.61. The molecule has 1 aliphatic heterocycles. The molecule has 0 amide bonds. The van der Waals surface area contributed by atoms with Crippen LogP contribution >= 0.6 is 0 Å². The van der Waals surface area contributed by atoms with E-state index in [-0.39, 0.29) is 5.97 Å². The second-order valence-electron chi connectivity index (χ2n) is 5.04. The third-order valence-corrected chi connectivity index (χ3v) is 3.63. The molecule has 110 valence electrons. The summed E-state index contributed by atoms with van der Waals surface area (Å²) >= 11 is 0. The van der Waals surface area contributed by atoms with Gasteiger partial charge in [0.05, 0.1) is 25.0 Å². The Morgan fingerprint density at radius 3 is 3.19 bits per heavy atom. The van der Waals surface area contributed by atoms with E-state index in [1.54, 1.807) is 24.0 Å². The van der Waals surface area contributed by atoms with Crippen molar-refractivity contribution in [2.45, 2.75) is 25.8 Å². The van der Waals surface area contributed by atoms with Crippen molar-refractivity contribution in [3.8, 4) is 5.75 Å². The highest BCUT2D eigenvalue weighted by molar-refractivity contribution is 5.88. The van der Waals surface area contributed by atoms with Gasteiger partial charge in [-0.2, -0.15) is 5.10 Å². The van der Waals surface area contributed by atoms with E-state index in [4.69, 9.17) is 9.47 Å². The Kier molecular flexibility index (Phi) is 3.90. The maximum atomic E-state index is 11.7. The summed E-state index contributed by atoms with van der Waals surface area (Å²) in [4.78, 5) is 11.7. The first-order chi connectivity index (χ1) is 10.3. The largest absolute Gasteiger partial charge is 0.493 e. The highest BCUT2D eigenvalue weighted by atomic mass is 16.5. The van der Waals surface area contributed by atoms with Crippen LogP contribution in [0.3, 0.4) is 0 Å². The minimum Gasteiger partial charge on any atom is -0.493 e. The van der Waals surface area contributed by atoms with Gasteiger partial charge in [-0.1, -0.05) is 18.2 Å². The summed E-state index contributed by atoms with van der Waals surface area (Å²) in [6.07, 6.45) is 4.25. The molecule has 2 heterocycles. The van der Waals surface area contributed by atoms with Gasteiger partial charge < -0.3 is 9.47 Å². The first-order valence-electron chi connectivity index (χ1n) is 7.19. The summed E-state index contributed by atoms with van der Waals surface area (Å²) in [6, 6.07) is 8.09. The van der Waals surface area contributed by atoms with Crippen molar-refractivity contribution in [3.63, 3.8) is 0 Å². The Morgan fingerprint density at radius 2 is 2.33 bits per heavy atom. The van der Waals surface area contributed by atoms with Crippen LogP contribution < -0.4 is 4.74 Å². The predicted octanol–water partition coefficient (Wildman–Crippen LogP) is 2.63. The van der Waals surface area contributed by atoms with E-state index in [9.17, 15) is 4.79 Å². The lowest BCUT2D eigenvalue weighted by atomic mass is 9.93. The molecule has 5 heteroatoms. The van der Waals surface area contributed by atoms with Crippen molar-refractivity contribution in [2.75, 3.05) is 13.2 Å². The Hall–Kier alpha value is -2.30. The standard InChI is InChI=1S/C16H18N2O3/c1-2-20-16(19)13-9-17-18(11-13)10-12-7-8-21-15-6-4-3-5-14(12)15/h3-6,9,11-12H,2,7-8,10H2,1H3. The van der Waals surface area contributed by atoms with Gasteiger partial charge in [0.15, 0.2) is 0 Å². The third kappa shape index (κ3) is 2.91. The minimum absolute atomic E-state index is 0.323. The minimum atomic E-state index is -0.323. The van der Waals surface area contributed by atoms with Crippen molar-refractivity contribution in [1.29, 1.82) is 0 Å². The zero-order chi connectivity index (χ0) is 14.7. The van der Waals surface area contributed by atoms with Crippen LogP contribution in [0.25, 0.3) is 0 Å². The van der Waals surface area contributed by atoms with Gasteiger partial charge in [-0.05, 0) is 25.0 Å².